The Labute approximate surface area is 136 Å². The van der Waals surface area contributed by atoms with Crippen molar-refractivity contribution in [3.8, 4) is 0 Å². The van der Waals surface area contributed by atoms with E-state index in [1.807, 2.05) is 48.2 Å². The Kier molecular flexibility index (Phi) is 4.60. The number of hydrogen-bond donors (Lipinski definition) is 0. The van der Waals surface area contributed by atoms with Gasteiger partial charge in [0.2, 0.25) is 0 Å². The Morgan fingerprint density at radius 3 is 2.74 bits per heavy atom. The summed E-state index contributed by atoms with van der Waals surface area (Å²) in [6.07, 6.45) is 3.19. The SMILES string of the molecule is C[C@@H]1CCCCN1C(=O)COC(=O)c1cccc2ccccc12. The van der Waals surface area contributed by atoms with Crippen molar-refractivity contribution in [2.75, 3.05) is 13.2 Å². The van der Waals surface area contributed by atoms with Gasteiger partial charge in [-0.2, -0.15) is 0 Å². The minimum Gasteiger partial charge on any atom is -0.452 e. The van der Waals surface area contributed by atoms with Crippen LogP contribution in [-0.2, 0) is 9.53 Å². The molecule has 0 unspecified atom stereocenters. The standard InChI is InChI=1S/C19H21NO3/c1-14-7-4-5-12-20(14)18(21)13-23-19(22)17-11-6-9-15-8-2-3-10-16(15)17/h2-3,6,8-11,14H,4-5,7,12-13H2,1H3/t14-/m1/s1. The number of ether oxygens (including phenoxy) is 1. The zero-order chi connectivity index (χ0) is 16.2. The second-order valence-corrected chi connectivity index (χ2v) is 6.03. The third kappa shape index (κ3) is 3.36. The minimum absolute atomic E-state index is 0.106. The number of hydrogen-bond acceptors (Lipinski definition) is 3. The fourth-order valence-electron chi connectivity index (χ4n) is 3.16. The summed E-state index contributed by atoms with van der Waals surface area (Å²) in [5.41, 5.74) is 0.502. The highest BCUT2D eigenvalue weighted by Gasteiger charge is 2.24. The monoisotopic (exact) mass is 311 g/mol. The zero-order valence-electron chi connectivity index (χ0n) is 13.3. The fourth-order valence-corrected chi connectivity index (χ4v) is 3.16. The van der Waals surface area contributed by atoms with Crippen LogP contribution in [0.1, 0.15) is 36.5 Å². The number of carbonyl (C=O) groups excluding carboxylic acids is 2. The summed E-state index contributed by atoms with van der Waals surface area (Å²) in [6, 6.07) is 13.4. The highest BCUT2D eigenvalue weighted by Crippen LogP contribution is 2.20. The largest absolute Gasteiger partial charge is 0.452 e. The van der Waals surface area contributed by atoms with Crippen molar-refractivity contribution in [2.45, 2.75) is 32.2 Å². The first-order valence-electron chi connectivity index (χ1n) is 8.11. The summed E-state index contributed by atoms with van der Waals surface area (Å²) in [4.78, 5) is 26.4. The normalized spacial score (nSPS) is 18.0. The van der Waals surface area contributed by atoms with Gasteiger partial charge in [0, 0.05) is 12.6 Å². The lowest BCUT2D eigenvalue weighted by Crippen LogP contribution is -2.44. The summed E-state index contributed by atoms with van der Waals surface area (Å²) in [6.45, 7) is 2.61. The van der Waals surface area contributed by atoms with Crippen molar-refractivity contribution in [1.82, 2.24) is 4.90 Å². The van der Waals surface area contributed by atoms with Gasteiger partial charge in [0.05, 0.1) is 5.56 Å². The van der Waals surface area contributed by atoms with E-state index in [0.717, 1.165) is 36.6 Å². The van der Waals surface area contributed by atoms with Gasteiger partial charge < -0.3 is 9.64 Å². The van der Waals surface area contributed by atoms with Crippen LogP contribution in [0, 0.1) is 0 Å². The number of carbonyl (C=O) groups is 2. The predicted octanol–water partition coefficient (Wildman–Crippen LogP) is 3.40. The number of benzene rings is 2. The fraction of sp³-hybridized carbons (Fsp3) is 0.368. The average Bonchev–Trinajstić information content (AvgIpc) is 2.59. The Morgan fingerprint density at radius 1 is 1.13 bits per heavy atom. The van der Waals surface area contributed by atoms with E-state index >= 15 is 0 Å². The average molecular weight is 311 g/mol. The van der Waals surface area contributed by atoms with Crippen molar-refractivity contribution in [3.63, 3.8) is 0 Å². The second-order valence-electron chi connectivity index (χ2n) is 6.03. The van der Waals surface area contributed by atoms with Gasteiger partial charge in [0.1, 0.15) is 0 Å². The molecular weight excluding hydrogens is 290 g/mol. The topological polar surface area (TPSA) is 46.6 Å². The molecule has 2 aromatic rings. The summed E-state index contributed by atoms with van der Waals surface area (Å²) in [5, 5.41) is 1.83. The molecule has 4 nitrogen and oxygen atoms in total. The first-order chi connectivity index (χ1) is 11.2. The van der Waals surface area contributed by atoms with Crippen LogP contribution in [0.5, 0.6) is 0 Å². The number of likely N-dealkylation sites (tertiary alicyclic amines) is 1. The highest BCUT2D eigenvalue weighted by molar-refractivity contribution is 6.04. The second kappa shape index (κ2) is 6.82. The van der Waals surface area contributed by atoms with Crippen molar-refractivity contribution in [1.29, 1.82) is 0 Å². The number of amides is 1. The maximum Gasteiger partial charge on any atom is 0.339 e. The molecule has 3 rings (SSSR count). The molecule has 0 radical (unpaired) electrons. The maximum absolute atomic E-state index is 12.3. The van der Waals surface area contributed by atoms with E-state index in [0.29, 0.717) is 5.56 Å². The van der Waals surface area contributed by atoms with E-state index in [-0.39, 0.29) is 18.6 Å². The number of nitrogens with zero attached hydrogens (tertiary/aromatic N) is 1. The molecule has 0 aromatic heterocycles. The summed E-state index contributed by atoms with van der Waals surface area (Å²) in [7, 11) is 0. The van der Waals surface area contributed by atoms with E-state index < -0.39 is 5.97 Å². The molecule has 0 bridgehead atoms. The van der Waals surface area contributed by atoms with Gasteiger partial charge in [-0.15, -0.1) is 0 Å². The van der Waals surface area contributed by atoms with Crippen LogP contribution in [0.4, 0.5) is 0 Å². The lowest BCUT2D eigenvalue weighted by atomic mass is 10.0. The Morgan fingerprint density at radius 2 is 1.91 bits per heavy atom. The first-order valence-corrected chi connectivity index (χ1v) is 8.11. The van der Waals surface area contributed by atoms with E-state index in [1.165, 1.54) is 0 Å². The summed E-state index contributed by atoms with van der Waals surface area (Å²) in [5.74, 6) is -0.550. The van der Waals surface area contributed by atoms with Gasteiger partial charge in [-0.3, -0.25) is 4.79 Å². The molecule has 0 saturated carbocycles. The molecule has 23 heavy (non-hydrogen) atoms. The van der Waals surface area contributed by atoms with E-state index in [4.69, 9.17) is 4.74 Å². The van der Waals surface area contributed by atoms with Gasteiger partial charge in [0.25, 0.3) is 5.91 Å². The predicted molar refractivity (Wildman–Crippen MR) is 89.3 cm³/mol. The van der Waals surface area contributed by atoms with Crippen molar-refractivity contribution in [3.05, 3.63) is 48.0 Å². The van der Waals surface area contributed by atoms with Crippen molar-refractivity contribution >= 4 is 22.6 Å². The molecule has 120 valence electrons. The Bertz CT molecular complexity index is 720. The molecule has 1 aliphatic heterocycles. The van der Waals surface area contributed by atoms with Gasteiger partial charge in [-0.05, 0) is 43.0 Å². The summed E-state index contributed by atoms with van der Waals surface area (Å²) >= 11 is 0. The van der Waals surface area contributed by atoms with E-state index in [1.54, 1.807) is 6.07 Å². The maximum atomic E-state index is 12.3. The third-order valence-electron chi connectivity index (χ3n) is 4.46. The first kappa shape index (κ1) is 15.5. The molecule has 1 atom stereocenters. The molecule has 4 heteroatoms. The van der Waals surface area contributed by atoms with Crippen molar-refractivity contribution < 1.29 is 14.3 Å². The number of fused-ring (bicyclic) bond motifs is 1. The lowest BCUT2D eigenvalue weighted by Gasteiger charge is -2.33. The van der Waals surface area contributed by atoms with E-state index in [9.17, 15) is 9.59 Å². The quantitative estimate of drug-likeness (QED) is 0.816. The van der Waals surface area contributed by atoms with Crippen LogP contribution >= 0.6 is 0 Å². The van der Waals surface area contributed by atoms with E-state index in [2.05, 4.69) is 0 Å². The van der Waals surface area contributed by atoms with Crippen LogP contribution in [0.2, 0.25) is 0 Å². The molecule has 1 heterocycles. The van der Waals surface area contributed by atoms with Crippen LogP contribution in [0.25, 0.3) is 10.8 Å². The van der Waals surface area contributed by atoms with Crippen LogP contribution in [0.15, 0.2) is 42.5 Å². The molecule has 1 aliphatic rings. The van der Waals surface area contributed by atoms with Crippen LogP contribution in [-0.4, -0.2) is 36.0 Å². The Balaban J connectivity index is 1.68. The molecule has 2 aromatic carbocycles. The number of piperidine rings is 1. The number of rotatable bonds is 3. The molecule has 1 amide bonds. The molecular formula is C19H21NO3. The molecule has 0 aliphatic carbocycles. The van der Waals surface area contributed by atoms with Crippen LogP contribution in [0.3, 0.4) is 0 Å². The van der Waals surface area contributed by atoms with Gasteiger partial charge >= 0.3 is 5.97 Å². The van der Waals surface area contributed by atoms with Gasteiger partial charge in [-0.25, -0.2) is 4.79 Å². The third-order valence-corrected chi connectivity index (χ3v) is 4.46. The Hall–Kier alpha value is -2.36. The van der Waals surface area contributed by atoms with Crippen LogP contribution < -0.4 is 0 Å². The molecule has 1 fully saturated rings. The summed E-state index contributed by atoms with van der Waals surface area (Å²) < 4.78 is 5.27. The van der Waals surface area contributed by atoms with Gasteiger partial charge in [0.15, 0.2) is 6.61 Å². The molecule has 0 N–H and O–H groups in total. The molecule has 1 saturated heterocycles. The van der Waals surface area contributed by atoms with Crippen molar-refractivity contribution in [2.24, 2.45) is 0 Å². The lowest BCUT2D eigenvalue weighted by molar-refractivity contribution is -0.137. The molecule has 0 spiro atoms. The highest BCUT2D eigenvalue weighted by atomic mass is 16.5. The number of esters is 1. The van der Waals surface area contributed by atoms with Gasteiger partial charge in [-0.1, -0.05) is 36.4 Å². The smallest absolute Gasteiger partial charge is 0.339 e. The minimum atomic E-state index is -0.445. The zero-order valence-corrected chi connectivity index (χ0v) is 13.3.